The average Bonchev–Trinajstić information content (AvgIpc) is 2.54. The molecule has 8 heteroatoms. The predicted octanol–water partition coefficient (Wildman–Crippen LogP) is 1.76. The molecular formula is C17H17FN2O4S. The molecule has 0 atom stereocenters. The number of carbonyl (C=O) groups excluding carboxylic acids is 1. The van der Waals surface area contributed by atoms with Crippen LogP contribution in [0.3, 0.4) is 0 Å². The quantitative estimate of drug-likeness (QED) is 0.792. The van der Waals surface area contributed by atoms with Gasteiger partial charge in [-0.1, -0.05) is 30.3 Å². The van der Waals surface area contributed by atoms with Gasteiger partial charge in [-0.3, -0.25) is 10.2 Å². The van der Waals surface area contributed by atoms with Crippen LogP contribution in [0.1, 0.15) is 15.9 Å². The molecule has 1 aliphatic heterocycles. The summed E-state index contributed by atoms with van der Waals surface area (Å²) in [5.74, 6) is -1.55. The number of amides is 1. The van der Waals surface area contributed by atoms with Crippen LogP contribution in [0, 0.1) is 12.7 Å². The number of aryl methyl sites for hydroxylation is 1. The SMILES string of the molecule is Cc1cc(-c2ccccc2)cc(C(=O)NNS(=O)(=O)C2COC2)c1F. The third kappa shape index (κ3) is 3.71. The standard InChI is InChI=1S/C17H17FN2O4S/c1-11-7-13(12-5-3-2-4-6-12)8-15(16(11)18)17(21)19-20-25(22,23)14-9-24-10-14/h2-8,14,20H,9-10H2,1H3,(H,19,21). The summed E-state index contributed by atoms with van der Waals surface area (Å²) >= 11 is 0. The third-order valence-electron chi connectivity index (χ3n) is 3.96. The first-order valence-corrected chi connectivity index (χ1v) is 9.17. The maximum Gasteiger partial charge on any atom is 0.269 e. The lowest BCUT2D eigenvalue weighted by Gasteiger charge is -2.25. The van der Waals surface area contributed by atoms with Crippen molar-refractivity contribution in [1.82, 2.24) is 10.3 Å². The third-order valence-corrected chi connectivity index (χ3v) is 5.50. The molecule has 0 unspecified atom stereocenters. The number of hydrazine groups is 1. The Kier molecular flexibility index (Phi) is 4.85. The monoisotopic (exact) mass is 364 g/mol. The number of benzene rings is 2. The minimum Gasteiger partial charge on any atom is -0.378 e. The molecule has 1 aliphatic rings. The van der Waals surface area contributed by atoms with Gasteiger partial charge in [0.2, 0.25) is 10.0 Å². The molecule has 1 amide bonds. The first-order chi connectivity index (χ1) is 11.9. The molecule has 2 aromatic rings. The van der Waals surface area contributed by atoms with Crippen LogP contribution in [0.5, 0.6) is 0 Å². The van der Waals surface area contributed by atoms with Crippen molar-refractivity contribution in [3.05, 3.63) is 59.4 Å². The van der Waals surface area contributed by atoms with Gasteiger partial charge in [0.1, 0.15) is 11.1 Å². The number of ether oxygens (including phenoxy) is 1. The topological polar surface area (TPSA) is 84.5 Å². The van der Waals surface area contributed by atoms with E-state index < -0.39 is 27.0 Å². The van der Waals surface area contributed by atoms with E-state index in [2.05, 4.69) is 5.43 Å². The smallest absolute Gasteiger partial charge is 0.269 e. The Bertz CT molecular complexity index is 896. The molecule has 1 fully saturated rings. The highest BCUT2D eigenvalue weighted by Crippen LogP contribution is 2.24. The fraction of sp³-hybridized carbons (Fsp3) is 0.235. The van der Waals surface area contributed by atoms with Gasteiger partial charge in [-0.2, -0.15) is 0 Å². The largest absolute Gasteiger partial charge is 0.378 e. The number of sulfonamides is 1. The van der Waals surface area contributed by atoms with E-state index in [4.69, 9.17) is 4.74 Å². The summed E-state index contributed by atoms with van der Waals surface area (Å²) in [4.78, 5) is 14.3. The molecular weight excluding hydrogens is 347 g/mol. The van der Waals surface area contributed by atoms with E-state index >= 15 is 0 Å². The first kappa shape index (κ1) is 17.5. The summed E-state index contributed by atoms with van der Waals surface area (Å²) in [6.45, 7) is 1.69. The second kappa shape index (κ2) is 6.91. The Balaban J connectivity index is 1.83. The van der Waals surface area contributed by atoms with Crippen LogP contribution in [0.4, 0.5) is 4.39 Å². The van der Waals surface area contributed by atoms with E-state index in [1.807, 2.05) is 35.2 Å². The highest BCUT2D eigenvalue weighted by molar-refractivity contribution is 7.90. The van der Waals surface area contributed by atoms with Gasteiger partial charge in [0.05, 0.1) is 18.8 Å². The van der Waals surface area contributed by atoms with Crippen LogP contribution in [0.2, 0.25) is 0 Å². The van der Waals surface area contributed by atoms with Crippen LogP contribution < -0.4 is 10.3 Å². The predicted molar refractivity (Wildman–Crippen MR) is 90.7 cm³/mol. The van der Waals surface area contributed by atoms with Gasteiger partial charge in [0, 0.05) is 0 Å². The van der Waals surface area contributed by atoms with E-state index in [9.17, 15) is 17.6 Å². The summed E-state index contributed by atoms with van der Waals surface area (Å²) in [5.41, 5.74) is 3.62. The Labute approximate surface area is 145 Å². The van der Waals surface area contributed by atoms with Crippen molar-refractivity contribution >= 4 is 15.9 Å². The normalized spacial score (nSPS) is 14.8. The van der Waals surface area contributed by atoms with Crippen LogP contribution >= 0.6 is 0 Å². The van der Waals surface area contributed by atoms with Crippen molar-refractivity contribution in [3.63, 3.8) is 0 Å². The van der Waals surface area contributed by atoms with Crippen LogP contribution in [0.25, 0.3) is 11.1 Å². The lowest BCUT2D eigenvalue weighted by molar-refractivity contribution is 0.0408. The second-order valence-electron chi connectivity index (χ2n) is 5.78. The molecule has 0 spiro atoms. The van der Waals surface area contributed by atoms with E-state index in [1.54, 1.807) is 13.0 Å². The van der Waals surface area contributed by atoms with Crippen LogP contribution in [-0.4, -0.2) is 32.8 Å². The maximum atomic E-state index is 14.3. The lowest BCUT2D eigenvalue weighted by Crippen LogP contribution is -2.52. The molecule has 2 N–H and O–H groups in total. The van der Waals surface area contributed by atoms with E-state index in [-0.39, 0.29) is 18.8 Å². The van der Waals surface area contributed by atoms with Crippen molar-refractivity contribution in [2.45, 2.75) is 12.2 Å². The second-order valence-corrected chi connectivity index (χ2v) is 7.74. The summed E-state index contributed by atoms with van der Waals surface area (Å²) in [6.07, 6.45) is 0. The molecule has 3 rings (SSSR count). The van der Waals surface area contributed by atoms with Crippen molar-refractivity contribution in [2.75, 3.05) is 13.2 Å². The lowest BCUT2D eigenvalue weighted by atomic mass is 9.99. The van der Waals surface area contributed by atoms with Gasteiger partial charge >= 0.3 is 0 Å². The molecule has 132 valence electrons. The van der Waals surface area contributed by atoms with Gasteiger partial charge in [-0.15, -0.1) is 4.83 Å². The highest BCUT2D eigenvalue weighted by Gasteiger charge is 2.33. The molecule has 1 saturated heterocycles. The van der Waals surface area contributed by atoms with Crippen LogP contribution in [0.15, 0.2) is 42.5 Å². The van der Waals surface area contributed by atoms with Gasteiger partial charge in [0.25, 0.3) is 5.91 Å². The Morgan fingerprint density at radius 1 is 1.16 bits per heavy atom. The molecule has 0 saturated carbocycles. The molecule has 1 heterocycles. The molecule has 0 aliphatic carbocycles. The summed E-state index contributed by atoms with van der Waals surface area (Å²) in [7, 11) is -3.74. The zero-order valence-electron chi connectivity index (χ0n) is 13.5. The number of hydrogen-bond donors (Lipinski definition) is 2. The first-order valence-electron chi connectivity index (χ1n) is 7.63. The molecule has 2 aromatic carbocycles. The Morgan fingerprint density at radius 2 is 1.84 bits per heavy atom. The average molecular weight is 364 g/mol. The van der Waals surface area contributed by atoms with Gasteiger partial charge < -0.3 is 4.74 Å². The zero-order chi connectivity index (χ0) is 18.0. The van der Waals surface area contributed by atoms with Crippen molar-refractivity contribution in [2.24, 2.45) is 0 Å². The zero-order valence-corrected chi connectivity index (χ0v) is 14.3. The van der Waals surface area contributed by atoms with Gasteiger partial charge in [-0.05, 0) is 35.7 Å². The molecule has 25 heavy (non-hydrogen) atoms. The van der Waals surface area contributed by atoms with Crippen molar-refractivity contribution in [3.8, 4) is 11.1 Å². The molecule has 0 bridgehead atoms. The Hall–Kier alpha value is -2.29. The summed E-state index contributed by atoms with van der Waals surface area (Å²) < 4.78 is 42.9. The fourth-order valence-corrected chi connectivity index (χ4v) is 3.35. The van der Waals surface area contributed by atoms with Crippen molar-refractivity contribution < 1.29 is 22.3 Å². The fourth-order valence-electron chi connectivity index (χ4n) is 2.39. The van der Waals surface area contributed by atoms with E-state index in [0.717, 1.165) is 5.56 Å². The highest BCUT2D eigenvalue weighted by atomic mass is 32.2. The number of nitrogens with one attached hydrogen (secondary N) is 2. The number of carbonyl (C=O) groups is 1. The van der Waals surface area contributed by atoms with Gasteiger partial charge in [0.15, 0.2) is 0 Å². The van der Waals surface area contributed by atoms with E-state index in [1.165, 1.54) is 6.07 Å². The summed E-state index contributed by atoms with van der Waals surface area (Å²) in [6, 6.07) is 12.2. The van der Waals surface area contributed by atoms with Crippen molar-refractivity contribution in [1.29, 1.82) is 0 Å². The number of hydrogen-bond acceptors (Lipinski definition) is 4. The minimum atomic E-state index is -3.74. The molecule has 0 radical (unpaired) electrons. The molecule has 0 aromatic heterocycles. The summed E-state index contributed by atoms with van der Waals surface area (Å²) in [5, 5.41) is -0.713. The van der Waals surface area contributed by atoms with E-state index in [0.29, 0.717) is 11.1 Å². The van der Waals surface area contributed by atoms with Crippen LogP contribution in [-0.2, 0) is 14.8 Å². The minimum absolute atomic E-state index is 0.0716. The molecule has 6 nitrogen and oxygen atoms in total. The maximum absolute atomic E-state index is 14.3. The Morgan fingerprint density at radius 3 is 2.44 bits per heavy atom. The number of rotatable bonds is 5. The van der Waals surface area contributed by atoms with Gasteiger partial charge in [-0.25, -0.2) is 12.8 Å². The number of halogens is 1.